The standard InChI is InChI=1S/C16H20N2O5/c1-10-12(5-4-6-13(10)22-2)17-14-11(16(21)23-3)9-18(7-8-19)15(14)20/h4-6,17,19H,7-9H2,1-3H3. The quantitative estimate of drug-likeness (QED) is 0.749. The number of rotatable bonds is 6. The maximum absolute atomic E-state index is 12.5. The summed E-state index contributed by atoms with van der Waals surface area (Å²) < 4.78 is 10.0. The van der Waals surface area contributed by atoms with E-state index in [0.29, 0.717) is 11.4 Å². The monoisotopic (exact) mass is 320 g/mol. The summed E-state index contributed by atoms with van der Waals surface area (Å²) in [6.45, 7) is 1.94. The second-order valence-corrected chi connectivity index (χ2v) is 5.05. The third-order valence-electron chi connectivity index (χ3n) is 3.72. The lowest BCUT2D eigenvalue weighted by Crippen LogP contribution is -2.31. The minimum atomic E-state index is -0.568. The number of hydrogen-bond donors (Lipinski definition) is 2. The van der Waals surface area contributed by atoms with Crippen molar-refractivity contribution in [1.82, 2.24) is 4.90 Å². The number of carbonyl (C=O) groups excluding carboxylic acids is 2. The summed E-state index contributed by atoms with van der Waals surface area (Å²) in [6.07, 6.45) is 0. The Morgan fingerprint density at radius 1 is 1.39 bits per heavy atom. The molecule has 124 valence electrons. The molecule has 1 amide bonds. The van der Waals surface area contributed by atoms with Gasteiger partial charge >= 0.3 is 5.97 Å². The first-order valence-electron chi connectivity index (χ1n) is 7.15. The molecule has 7 nitrogen and oxygen atoms in total. The lowest BCUT2D eigenvalue weighted by molar-refractivity contribution is -0.136. The van der Waals surface area contributed by atoms with Gasteiger partial charge in [0.25, 0.3) is 5.91 Å². The molecule has 1 aliphatic heterocycles. The van der Waals surface area contributed by atoms with Crippen LogP contribution >= 0.6 is 0 Å². The van der Waals surface area contributed by atoms with Crippen LogP contribution in [0.3, 0.4) is 0 Å². The van der Waals surface area contributed by atoms with Crippen LogP contribution in [0.2, 0.25) is 0 Å². The number of nitrogens with zero attached hydrogens (tertiary/aromatic N) is 1. The molecule has 0 radical (unpaired) electrons. The average Bonchev–Trinajstić information content (AvgIpc) is 2.86. The highest BCUT2D eigenvalue weighted by Gasteiger charge is 2.34. The highest BCUT2D eigenvalue weighted by atomic mass is 16.5. The molecular weight excluding hydrogens is 300 g/mol. The van der Waals surface area contributed by atoms with Crippen LogP contribution in [0.5, 0.6) is 5.75 Å². The molecule has 0 saturated heterocycles. The Morgan fingerprint density at radius 3 is 2.74 bits per heavy atom. The minimum Gasteiger partial charge on any atom is -0.496 e. The number of anilines is 1. The molecule has 0 bridgehead atoms. The normalized spacial score (nSPS) is 14.3. The fourth-order valence-electron chi connectivity index (χ4n) is 2.45. The Morgan fingerprint density at radius 2 is 2.13 bits per heavy atom. The van der Waals surface area contributed by atoms with Crippen molar-refractivity contribution in [1.29, 1.82) is 0 Å². The second kappa shape index (κ2) is 7.15. The molecule has 0 aromatic heterocycles. The molecule has 1 heterocycles. The summed E-state index contributed by atoms with van der Waals surface area (Å²) in [6, 6.07) is 5.39. The van der Waals surface area contributed by atoms with Crippen LogP contribution in [0.4, 0.5) is 5.69 Å². The van der Waals surface area contributed by atoms with Crippen LogP contribution in [0.15, 0.2) is 29.5 Å². The number of amides is 1. The largest absolute Gasteiger partial charge is 0.496 e. The maximum Gasteiger partial charge on any atom is 0.337 e. The summed E-state index contributed by atoms with van der Waals surface area (Å²) in [5.74, 6) is -0.239. The Kier molecular flexibility index (Phi) is 5.23. The van der Waals surface area contributed by atoms with E-state index in [1.165, 1.54) is 12.0 Å². The van der Waals surface area contributed by atoms with Crippen molar-refractivity contribution in [3.8, 4) is 5.75 Å². The molecule has 2 rings (SSSR count). The van der Waals surface area contributed by atoms with Crippen molar-refractivity contribution >= 4 is 17.6 Å². The van der Waals surface area contributed by atoms with Crippen molar-refractivity contribution in [2.45, 2.75) is 6.92 Å². The molecule has 0 unspecified atom stereocenters. The predicted octanol–water partition coefficient (Wildman–Crippen LogP) is 0.677. The fourth-order valence-corrected chi connectivity index (χ4v) is 2.45. The molecule has 2 N–H and O–H groups in total. The van der Waals surface area contributed by atoms with Gasteiger partial charge in [0.05, 0.1) is 32.9 Å². The first-order valence-corrected chi connectivity index (χ1v) is 7.15. The van der Waals surface area contributed by atoms with Gasteiger partial charge in [-0.3, -0.25) is 4.79 Å². The van der Waals surface area contributed by atoms with Crippen molar-refractivity contribution in [2.24, 2.45) is 0 Å². The smallest absolute Gasteiger partial charge is 0.337 e. The Balaban J connectivity index is 2.37. The molecule has 0 fully saturated rings. The molecule has 1 aromatic carbocycles. The van der Waals surface area contributed by atoms with Gasteiger partial charge in [-0.1, -0.05) is 6.07 Å². The van der Waals surface area contributed by atoms with E-state index in [4.69, 9.17) is 14.6 Å². The summed E-state index contributed by atoms with van der Waals surface area (Å²) in [4.78, 5) is 25.8. The van der Waals surface area contributed by atoms with Gasteiger partial charge in [-0.15, -0.1) is 0 Å². The lowest BCUT2D eigenvalue weighted by Gasteiger charge is -2.16. The van der Waals surface area contributed by atoms with Gasteiger partial charge < -0.3 is 24.8 Å². The number of methoxy groups -OCH3 is 2. The number of benzene rings is 1. The SMILES string of the molecule is COC(=O)C1=C(Nc2cccc(OC)c2C)C(=O)N(CCO)C1. The maximum atomic E-state index is 12.5. The van der Waals surface area contributed by atoms with Crippen LogP contribution in [0.1, 0.15) is 5.56 Å². The molecule has 1 aromatic rings. The summed E-state index contributed by atoms with van der Waals surface area (Å²) in [5, 5.41) is 12.1. The molecular formula is C16H20N2O5. The van der Waals surface area contributed by atoms with Crippen LogP contribution in [-0.2, 0) is 14.3 Å². The van der Waals surface area contributed by atoms with E-state index in [0.717, 1.165) is 5.56 Å². The zero-order valence-electron chi connectivity index (χ0n) is 13.4. The number of aliphatic hydroxyl groups excluding tert-OH is 1. The zero-order chi connectivity index (χ0) is 17.0. The average molecular weight is 320 g/mol. The third-order valence-corrected chi connectivity index (χ3v) is 3.72. The summed E-state index contributed by atoms with van der Waals surface area (Å²) >= 11 is 0. The van der Waals surface area contributed by atoms with Gasteiger partial charge in [-0.25, -0.2) is 4.79 Å². The fraction of sp³-hybridized carbons (Fsp3) is 0.375. The first kappa shape index (κ1) is 16.8. The van der Waals surface area contributed by atoms with E-state index in [9.17, 15) is 9.59 Å². The van der Waals surface area contributed by atoms with Gasteiger partial charge in [0.2, 0.25) is 0 Å². The van der Waals surface area contributed by atoms with Gasteiger partial charge in [0, 0.05) is 17.8 Å². The van der Waals surface area contributed by atoms with Crippen LogP contribution in [-0.4, -0.2) is 55.8 Å². The predicted molar refractivity (Wildman–Crippen MR) is 84.1 cm³/mol. The van der Waals surface area contributed by atoms with Crippen molar-refractivity contribution in [3.63, 3.8) is 0 Å². The molecule has 0 saturated carbocycles. The van der Waals surface area contributed by atoms with Crippen LogP contribution < -0.4 is 10.1 Å². The third kappa shape index (κ3) is 3.29. The van der Waals surface area contributed by atoms with E-state index in [2.05, 4.69) is 5.32 Å². The topological polar surface area (TPSA) is 88.1 Å². The molecule has 0 aliphatic carbocycles. The highest BCUT2D eigenvalue weighted by Crippen LogP contribution is 2.29. The molecule has 7 heteroatoms. The minimum absolute atomic E-state index is 0.109. The Hall–Kier alpha value is -2.54. The van der Waals surface area contributed by atoms with Gasteiger partial charge in [-0.05, 0) is 19.1 Å². The second-order valence-electron chi connectivity index (χ2n) is 5.05. The number of ether oxygens (including phenoxy) is 2. The number of β-amino-alcohol motifs (C(OH)–C–C–N with tert-alkyl or cyclic N) is 1. The van der Waals surface area contributed by atoms with Crippen LogP contribution in [0, 0.1) is 6.92 Å². The van der Waals surface area contributed by atoms with E-state index in [1.807, 2.05) is 13.0 Å². The van der Waals surface area contributed by atoms with Crippen LogP contribution in [0.25, 0.3) is 0 Å². The van der Waals surface area contributed by atoms with Crippen molar-refractivity contribution in [3.05, 3.63) is 35.0 Å². The summed E-state index contributed by atoms with van der Waals surface area (Å²) in [7, 11) is 2.83. The van der Waals surface area contributed by atoms with Gasteiger partial charge in [0.1, 0.15) is 11.4 Å². The Labute approximate surface area is 134 Å². The highest BCUT2D eigenvalue weighted by molar-refractivity contribution is 6.08. The van der Waals surface area contributed by atoms with Crippen molar-refractivity contribution < 1.29 is 24.2 Å². The van der Waals surface area contributed by atoms with E-state index in [-0.39, 0.29) is 36.9 Å². The first-order chi connectivity index (χ1) is 11.0. The molecule has 1 aliphatic rings. The Bertz CT molecular complexity index is 654. The zero-order valence-corrected chi connectivity index (χ0v) is 13.4. The van der Waals surface area contributed by atoms with E-state index >= 15 is 0 Å². The molecule has 23 heavy (non-hydrogen) atoms. The molecule has 0 spiro atoms. The molecule has 0 atom stereocenters. The number of carbonyl (C=O) groups is 2. The summed E-state index contributed by atoms with van der Waals surface area (Å²) in [5.41, 5.74) is 1.90. The van der Waals surface area contributed by atoms with E-state index < -0.39 is 5.97 Å². The van der Waals surface area contributed by atoms with Gasteiger partial charge in [-0.2, -0.15) is 0 Å². The number of aliphatic hydroxyl groups is 1. The lowest BCUT2D eigenvalue weighted by atomic mass is 10.1. The van der Waals surface area contributed by atoms with E-state index in [1.54, 1.807) is 19.2 Å². The number of nitrogens with one attached hydrogen (secondary N) is 1. The number of hydrogen-bond acceptors (Lipinski definition) is 6. The van der Waals surface area contributed by atoms with Crippen molar-refractivity contribution in [2.75, 3.05) is 39.2 Å². The van der Waals surface area contributed by atoms with Gasteiger partial charge in [0.15, 0.2) is 0 Å². The number of esters is 1.